The smallest absolute Gasteiger partial charge is 0.129 e. The molecule has 0 aliphatic rings. The minimum Gasteiger partial charge on any atom is -0.363 e. The summed E-state index contributed by atoms with van der Waals surface area (Å²) in [4.78, 5) is 6.67. The Balaban J connectivity index is 2.77. The first-order valence-corrected chi connectivity index (χ1v) is 5.40. The SMILES string of the molecule is Cc1cc(N(C)C)nc2c(CN)cccc12. The van der Waals surface area contributed by atoms with Gasteiger partial charge in [0, 0.05) is 26.0 Å². The molecule has 0 aliphatic heterocycles. The molecule has 2 N–H and O–H groups in total. The number of fused-ring (bicyclic) bond motifs is 1. The number of nitrogens with zero attached hydrogens (tertiary/aromatic N) is 2. The molecule has 1 aromatic heterocycles. The molecule has 1 heterocycles. The maximum Gasteiger partial charge on any atom is 0.129 e. The van der Waals surface area contributed by atoms with E-state index in [1.165, 1.54) is 10.9 Å². The van der Waals surface area contributed by atoms with Crippen LogP contribution in [0.2, 0.25) is 0 Å². The molecule has 1 aromatic carbocycles. The number of para-hydroxylation sites is 1. The molecule has 0 saturated carbocycles. The first-order chi connectivity index (χ1) is 7.63. The summed E-state index contributed by atoms with van der Waals surface area (Å²) in [6, 6.07) is 8.27. The van der Waals surface area contributed by atoms with Gasteiger partial charge in [-0.3, -0.25) is 0 Å². The summed E-state index contributed by atoms with van der Waals surface area (Å²) in [6.45, 7) is 2.64. The van der Waals surface area contributed by atoms with Crippen LogP contribution in [-0.4, -0.2) is 19.1 Å². The summed E-state index contributed by atoms with van der Waals surface area (Å²) in [5.74, 6) is 0.978. The Morgan fingerprint density at radius 2 is 2.06 bits per heavy atom. The van der Waals surface area contributed by atoms with E-state index >= 15 is 0 Å². The van der Waals surface area contributed by atoms with Crippen LogP contribution in [0.1, 0.15) is 11.1 Å². The summed E-state index contributed by atoms with van der Waals surface area (Å²) in [7, 11) is 4.00. The van der Waals surface area contributed by atoms with Crippen molar-refractivity contribution in [3.63, 3.8) is 0 Å². The zero-order valence-corrected chi connectivity index (χ0v) is 9.99. The van der Waals surface area contributed by atoms with E-state index in [1.54, 1.807) is 0 Å². The van der Waals surface area contributed by atoms with Crippen LogP contribution in [0, 0.1) is 6.92 Å². The lowest BCUT2D eigenvalue weighted by Gasteiger charge is -2.14. The Kier molecular flexibility index (Phi) is 2.79. The molecule has 0 amide bonds. The van der Waals surface area contributed by atoms with Gasteiger partial charge in [-0.05, 0) is 24.1 Å². The molecule has 0 atom stereocenters. The predicted molar refractivity (Wildman–Crippen MR) is 68.7 cm³/mol. The number of pyridine rings is 1. The minimum absolute atomic E-state index is 0.528. The molecule has 16 heavy (non-hydrogen) atoms. The van der Waals surface area contributed by atoms with Crippen LogP contribution in [0.4, 0.5) is 5.82 Å². The average Bonchev–Trinajstić information content (AvgIpc) is 2.28. The van der Waals surface area contributed by atoms with Crippen molar-refractivity contribution in [3.8, 4) is 0 Å². The second kappa shape index (κ2) is 4.10. The Bertz CT molecular complexity index is 518. The summed E-state index contributed by atoms with van der Waals surface area (Å²) < 4.78 is 0. The zero-order valence-electron chi connectivity index (χ0n) is 9.99. The van der Waals surface area contributed by atoms with Crippen molar-refractivity contribution in [2.45, 2.75) is 13.5 Å². The van der Waals surface area contributed by atoms with Crippen molar-refractivity contribution in [1.29, 1.82) is 0 Å². The van der Waals surface area contributed by atoms with Gasteiger partial charge in [0.1, 0.15) is 5.82 Å². The summed E-state index contributed by atoms with van der Waals surface area (Å²) in [5.41, 5.74) is 9.10. The van der Waals surface area contributed by atoms with Gasteiger partial charge in [-0.1, -0.05) is 18.2 Å². The Morgan fingerprint density at radius 1 is 1.31 bits per heavy atom. The first kappa shape index (κ1) is 10.9. The second-order valence-electron chi connectivity index (χ2n) is 4.21. The topological polar surface area (TPSA) is 42.2 Å². The van der Waals surface area contributed by atoms with Crippen LogP contribution in [0.3, 0.4) is 0 Å². The average molecular weight is 215 g/mol. The molecule has 84 valence electrons. The molecule has 2 aromatic rings. The van der Waals surface area contributed by atoms with Gasteiger partial charge in [-0.2, -0.15) is 0 Å². The summed E-state index contributed by atoms with van der Waals surface area (Å²) >= 11 is 0. The number of rotatable bonds is 2. The molecule has 0 spiro atoms. The predicted octanol–water partition coefficient (Wildman–Crippen LogP) is 2.07. The maximum absolute atomic E-state index is 5.74. The monoisotopic (exact) mass is 215 g/mol. The maximum atomic E-state index is 5.74. The summed E-state index contributed by atoms with van der Waals surface area (Å²) in [6.07, 6.45) is 0. The fourth-order valence-corrected chi connectivity index (χ4v) is 1.85. The highest BCUT2D eigenvalue weighted by Gasteiger charge is 2.06. The van der Waals surface area contributed by atoms with E-state index in [9.17, 15) is 0 Å². The van der Waals surface area contributed by atoms with Gasteiger partial charge in [-0.25, -0.2) is 4.98 Å². The fraction of sp³-hybridized carbons (Fsp3) is 0.308. The third-order valence-electron chi connectivity index (χ3n) is 2.79. The largest absolute Gasteiger partial charge is 0.363 e. The van der Waals surface area contributed by atoms with Crippen LogP contribution >= 0.6 is 0 Å². The van der Waals surface area contributed by atoms with Crippen molar-refractivity contribution < 1.29 is 0 Å². The zero-order chi connectivity index (χ0) is 11.7. The van der Waals surface area contributed by atoms with Crippen LogP contribution in [-0.2, 0) is 6.54 Å². The number of hydrogen-bond acceptors (Lipinski definition) is 3. The Hall–Kier alpha value is -1.61. The van der Waals surface area contributed by atoms with Crippen molar-refractivity contribution in [3.05, 3.63) is 35.4 Å². The highest BCUT2D eigenvalue weighted by molar-refractivity contribution is 5.86. The van der Waals surface area contributed by atoms with E-state index < -0.39 is 0 Å². The molecular formula is C13H17N3. The third-order valence-corrected chi connectivity index (χ3v) is 2.79. The van der Waals surface area contributed by atoms with Gasteiger partial charge in [0.2, 0.25) is 0 Å². The molecule has 0 fully saturated rings. The lowest BCUT2D eigenvalue weighted by Crippen LogP contribution is -2.11. The van der Waals surface area contributed by atoms with Crippen molar-refractivity contribution in [2.75, 3.05) is 19.0 Å². The van der Waals surface area contributed by atoms with E-state index in [0.29, 0.717) is 6.54 Å². The lowest BCUT2D eigenvalue weighted by atomic mass is 10.1. The van der Waals surface area contributed by atoms with Crippen LogP contribution in [0.15, 0.2) is 24.3 Å². The fourth-order valence-electron chi connectivity index (χ4n) is 1.85. The van der Waals surface area contributed by atoms with Gasteiger partial charge in [-0.15, -0.1) is 0 Å². The number of anilines is 1. The first-order valence-electron chi connectivity index (χ1n) is 5.40. The molecule has 0 saturated heterocycles. The normalized spacial score (nSPS) is 10.8. The van der Waals surface area contributed by atoms with E-state index in [1.807, 2.05) is 31.1 Å². The van der Waals surface area contributed by atoms with Gasteiger partial charge in [0.05, 0.1) is 5.52 Å². The molecule has 3 heteroatoms. The van der Waals surface area contributed by atoms with Gasteiger partial charge >= 0.3 is 0 Å². The molecular weight excluding hydrogens is 198 g/mol. The minimum atomic E-state index is 0.528. The summed E-state index contributed by atoms with van der Waals surface area (Å²) in [5, 5.41) is 1.19. The number of aromatic nitrogens is 1. The highest BCUT2D eigenvalue weighted by atomic mass is 15.1. The molecule has 0 bridgehead atoms. The number of aryl methyl sites for hydroxylation is 1. The standard InChI is InChI=1S/C13H17N3/c1-9-7-12(16(2)3)15-13-10(8-14)5-4-6-11(9)13/h4-7H,8,14H2,1-3H3. The van der Waals surface area contributed by atoms with Gasteiger partial charge in [0.25, 0.3) is 0 Å². The van der Waals surface area contributed by atoms with E-state index in [2.05, 4.69) is 24.0 Å². The van der Waals surface area contributed by atoms with Crippen molar-refractivity contribution in [1.82, 2.24) is 4.98 Å². The van der Waals surface area contributed by atoms with Gasteiger partial charge < -0.3 is 10.6 Å². The molecule has 3 nitrogen and oxygen atoms in total. The van der Waals surface area contributed by atoms with E-state index in [-0.39, 0.29) is 0 Å². The third kappa shape index (κ3) is 1.74. The van der Waals surface area contributed by atoms with E-state index in [4.69, 9.17) is 5.73 Å². The molecule has 0 unspecified atom stereocenters. The molecule has 0 radical (unpaired) electrons. The van der Waals surface area contributed by atoms with Crippen LogP contribution in [0.25, 0.3) is 10.9 Å². The van der Waals surface area contributed by atoms with Crippen LogP contribution in [0.5, 0.6) is 0 Å². The lowest BCUT2D eigenvalue weighted by molar-refractivity contribution is 1.05. The Morgan fingerprint density at radius 3 is 2.69 bits per heavy atom. The number of benzene rings is 1. The highest BCUT2D eigenvalue weighted by Crippen LogP contribution is 2.23. The van der Waals surface area contributed by atoms with Crippen molar-refractivity contribution >= 4 is 16.7 Å². The Labute approximate surface area is 95.9 Å². The second-order valence-corrected chi connectivity index (χ2v) is 4.21. The van der Waals surface area contributed by atoms with Gasteiger partial charge in [0.15, 0.2) is 0 Å². The quantitative estimate of drug-likeness (QED) is 0.834. The van der Waals surface area contributed by atoms with Crippen LogP contribution < -0.4 is 10.6 Å². The number of hydrogen-bond donors (Lipinski definition) is 1. The number of nitrogens with two attached hydrogens (primary N) is 1. The molecule has 2 rings (SSSR count). The van der Waals surface area contributed by atoms with E-state index in [0.717, 1.165) is 16.9 Å². The van der Waals surface area contributed by atoms with Crippen molar-refractivity contribution in [2.24, 2.45) is 5.73 Å². The molecule has 0 aliphatic carbocycles.